The molecule has 32 nitrogen and oxygen atoms in total. The summed E-state index contributed by atoms with van der Waals surface area (Å²) in [7, 11) is 0. The third kappa shape index (κ3) is 14.9. The summed E-state index contributed by atoms with van der Waals surface area (Å²) in [5, 5.41) is 217. The fourth-order valence-electron chi connectivity index (χ4n) is 18.5. The second-order valence-electron chi connectivity index (χ2n) is 31.3. The maximum absolute atomic E-state index is 13.0. The molecular formula is C66H112O32. The van der Waals surface area contributed by atoms with Gasteiger partial charge in [-0.1, -0.05) is 53.2 Å². The van der Waals surface area contributed by atoms with E-state index in [1.807, 2.05) is 13.8 Å². The van der Waals surface area contributed by atoms with Crippen molar-refractivity contribution in [3.8, 4) is 0 Å². The van der Waals surface area contributed by atoms with Gasteiger partial charge in [-0.2, -0.15) is 0 Å². The Hall–Kier alpha value is -1.54. The molecule has 0 radical (unpaired) electrons. The molecule has 9 fully saturated rings. The first-order valence-electron chi connectivity index (χ1n) is 34.9. The van der Waals surface area contributed by atoms with E-state index < -0.39 is 252 Å². The number of hydrogen-bond donors (Lipinski definition) is 20. The van der Waals surface area contributed by atoms with Gasteiger partial charge in [-0.3, -0.25) is 0 Å². The zero-order valence-electron chi connectivity index (χ0n) is 56.9. The van der Waals surface area contributed by atoms with E-state index in [-0.39, 0.29) is 48.3 Å². The highest BCUT2D eigenvalue weighted by Crippen LogP contribution is 2.75. The summed E-state index contributed by atoms with van der Waals surface area (Å²) >= 11 is 0. The Morgan fingerprint density at radius 3 is 1.52 bits per heavy atom. The van der Waals surface area contributed by atoms with Gasteiger partial charge in [-0.25, -0.2) is 0 Å². The predicted molar refractivity (Wildman–Crippen MR) is 330 cm³/mol. The number of aliphatic hydroxyl groups excluding tert-OH is 19. The van der Waals surface area contributed by atoms with Crippen LogP contribution in [0, 0.1) is 45.3 Å². The zero-order valence-corrected chi connectivity index (χ0v) is 56.9. The number of ether oxygens (including phenoxy) is 12. The molecule has 98 heavy (non-hydrogen) atoms. The lowest BCUT2D eigenvalue weighted by atomic mass is 9.38. The van der Waals surface area contributed by atoms with Crippen molar-refractivity contribution in [3.05, 3.63) is 11.6 Å². The van der Waals surface area contributed by atoms with Crippen LogP contribution in [-0.4, -0.2) is 338 Å². The Morgan fingerprint density at radius 1 is 0.510 bits per heavy atom. The lowest BCUT2D eigenvalue weighted by Crippen LogP contribution is -2.66. The molecule has 6 aliphatic heterocycles. The smallest absolute Gasteiger partial charge is 0.187 e. The summed E-state index contributed by atoms with van der Waals surface area (Å²) in [6.45, 7) is 12.1. The Kier molecular flexibility index (Phi) is 25.1. The molecule has 0 spiro atoms. The van der Waals surface area contributed by atoms with Gasteiger partial charge in [0, 0.05) is 23.7 Å². The molecule has 3 saturated carbocycles. The SMILES string of the molecule is C[C@H](CC[C@@H](O[C@@H]1O[C@H](CO[C@@H]2O[C@H](CO)[C@@H](O)[C@H](O)[C@H]2O)[C@@H](O)[C@H](O)[C@H]1O[C@H]1C[C@@H](O)C[C@@H](CO)O1)C(C)(C)O)C1CC[C@@]2(C)C3CC=C4C(CC[C@H](O[C@@H]5O[C@H](CO[C@@H]6O[C@H](CO)[C@@H](O)[C@H](O)[C@H]6O)[C@@H](O)[C@H](O)[C@H]5O[C@@H]5O[C@H](CO)[C@@H](O)[C@H](O)[C@H]5O)C4(C)C)[C@]3(C)[C@H](O)C[C@]12C. The Bertz CT molecular complexity index is 2600. The van der Waals surface area contributed by atoms with Gasteiger partial charge >= 0.3 is 0 Å². The van der Waals surface area contributed by atoms with Crippen molar-refractivity contribution in [2.45, 2.75) is 316 Å². The molecule has 0 aromatic heterocycles. The van der Waals surface area contributed by atoms with E-state index in [0.717, 1.165) is 18.4 Å². The summed E-state index contributed by atoms with van der Waals surface area (Å²) in [5.41, 5.74) is -2.76. The monoisotopic (exact) mass is 1420 g/mol. The summed E-state index contributed by atoms with van der Waals surface area (Å²) in [6.07, 6.45) is -40.8. The number of allylic oxidation sites excluding steroid dienone is 1. The van der Waals surface area contributed by atoms with Gasteiger partial charge in [0.05, 0.1) is 75.8 Å². The first-order valence-corrected chi connectivity index (χ1v) is 34.9. The third-order valence-corrected chi connectivity index (χ3v) is 24.7. The summed E-state index contributed by atoms with van der Waals surface area (Å²) in [6, 6.07) is 0. The van der Waals surface area contributed by atoms with E-state index in [4.69, 9.17) is 56.8 Å². The van der Waals surface area contributed by atoms with Crippen LogP contribution in [0.1, 0.15) is 120 Å². The second-order valence-corrected chi connectivity index (χ2v) is 31.3. The average Bonchev–Trinajstić information content (AvgIpc) is 1.30. The Balaban J connectivity index is 0.846. The average molecular weight is 1420 g/mol. The van der Waals surface area contributed by atoms with E-state index in [1.54, 1.807) is 13.8 Å². The van der Waals surface area contributed by atoms with E-state index in [2.05, 4.69) is 33.8 Å². The summed E-state index contributed by atoms with van der Waals surface area (Å²) in [4.78, 5) is 0. The predicted octanol–water partition coefficient (Wildman–Crippen LogP) is -5.53. The van der Waals surface area contributed by atoms with Crippen LogP contribution in [0.15, 0.2) is 11.6 Å². The van der Waals surface area contributed by atoms with Crippen molar-refractivity contribution < 1.29 is 159 Å². The fraction of sp³-hybridized carbons (Fsp3) is 0.970. The van der Waals surface area contributed by atoms with Gasteiger partial charge in [-0.05, 0) is 99.7 Å². The molecular weight excluding hydrogens is 1300 g/mol. The van der Waals surface area contributed by atoms with Crippen molar-refractivity contribution in [1.82, 2.24) is 0 Å². The topological polar surface area (TPSA) is 515 Å². The van der Waals surface area contributed by atoms with E-state index in [0.29, 0.717) is 32.1 Å². The normalized spacial score (nSPS) is 51.3. The van der Waals surface area contributed by atoms with Gasteiger partial charge in [0.2, 0.25) is 0 Å². The Morgan fingerprint density at radius 2 is 1.00 bits per heavy atom. The van der Waals surface area contributed by atoms with Crippen LogP contribution >= 0.6 is 0 Å². The van der Waals surface area contributed by atoms with E-state index in [9.17, 15) is 102 Å². The van der Waals surface area contributed by atoms with Crippen molar-refractivity contribution in [2.75, 3.05) is 39.6 Å². The summed E-state index contributed by atoms with van der Waals surface area (Å²) < 4.78 is 72.7. The molecule has 10 rings (SSSR count). The number of hydrogen-bond acceptors (Lipinski definition) is 32. The summed E-state index contributed by atoms with van der Waals surface area (Å²) in [5.74, 6) is -0.142. The zero-order chi connectivity index (χ0) is 71.8. The minimum atomic E-state index is -1.93. The highest BCUT2D eigenvalue weighted by atomic mass is 16.8. The Labute approximate surface area is 569 Å². The molecule has 0 aromatic carbocycles. The van der Waals surface area contributed by atoms with Crippen LogP contribution in [0.3, 0.4) is 0 Å². The second kappa shape index (κ2) is 31.1. The van der Waals surface area contributed by atoms with Crippen molar-refractivity contribution >= 4 is 0 Å². The molecule has 6 saturated heterocycles. The molecule has 32 heteroatoms. The quantitative estimate of drug-likeness (QED) is 0.0424. The van der Waals surface area contributed by atoms with Crippen LogP contribution in [0.4, 0.5) is 0 Å². The van der Waals surface area contributed by atoms with Crippen LogP contribution in [0.5, 0.6) is 0 Å². The maximum Gasteiger partial charge on any atom is 0.187 e. The lowest BCUT2D eigenvalue weighted by molar-refractivity contribution is -0.379. The number of rotatable bonds is 23. The molecule has 568 valence electrons. The van der Waals surface area contributed by atoms with Crippen molar-refractivity contribution in [2.24, 2.45) is 45.3 Å². The molecule has 0 bridgehead atoms. The highest BCUT2D eigenvalue weighted by molar-refractivity contribution is 5.32. The molecule has 0 aromatic rings. The van der Waals surface area contributed by atoms with Crippen LogP contribution < -0.4 is 0 Å². The fourth-order valence-corrected chi connectivity index (χ4v) is 18.5. The first-order chi connectivity index (χ1) is 46.0. The van der Waals surface area contributed by atoms with Crippen LogP contribution in [0.2, 0.25) is 0 Å². The van der Waals surface area contributed by atoms with Gasteiger partial charge < -0.3 is 159 Å². The maximum atomic E-state index is 13.0. The largest absolute Gasteiger partial charge is 0.394 e. The molecule has 38 atom stereocenters. The number of aliphatic hydroxyl groups is 20. The standard InChI is InChI=1S/C66H112O32/c1-26(9-13-40(63(4,5)86)96-60-55(97-41-18-27(71)17-28(20-67)89-41)50(81)45(76)35(93-60)24-87-57-52(83)47(78)42(73)32(21-68)90-57)29-15-16-64(6)37-12-10-30-31(66(37,8)38(72)19-65(29,64)7)11-14-39(62(30,2)3)95-61-56(98-59-54(85)49(80)44(75)34(23-70)92-59)51(82)46(77)36(94-61)25-88-58-53(84)48(79)43(74)33(22-69)91-58/h10,26-29,31-61,67-86H,9,11-25H2,1-8H3/t26-,27+,28+,29?,31?,32-,33-,34-,35-,36-,37?,38-,39+,40-,41+,42-,43-,44-,45-,46-,47+,48+,49+,50+,51+,52-,53-,54-,55-,56-,57-,58-,59+,60+,61+,64+,65-,66+/m1/s1. The minimum Gasteiger partial charge on any atom is -0.394 e. The lowest BCUT2D eigenvalue weighted by Gasteiger charge is -2.67. The van der Waals surface area contributed by atoms with Crippen molar-refractivity contribution in [3.63, 3.8) is 0 Å². The van der Waals surface area contributed by atoms with Gasteiger partial charge in [0.1, 0.15) is 122 Å². The third-order valence-electron chi connectivity index (χ3n) is 24.7. The van der Waals surface area contributed by atoms with Crippen LogP contribution in [0.25, 0.3) is 0 Å². The first kappa shape index (κ1) is 79.0. The van der Waals surface area contributed by atoms with Gasteiger partial charge in [-0.15, -0.1) is 0 Å². The molecule has 0 amide bonds. The van der Waals surface area contributed by atoms with E-state index in [1.165, 1.54) is 0 Å². The molecule has 10 aliphatic rings. The number of fused-ring (bicyclic) bond motifs is 5. The molecule has 3 unspecified atom stereocenters. The van der Waals surface area contributed by atoms with Gasteiger partial charge in [0.15, 0.2) is 37.7 Å². The molecule has 6 heterocycles. The highest BCUT2D eigenvalue weighted by Gasteiger charge is 2.71. The minimum absolute atomic E-state index is 0.0174. The van der Waals surface area contributed by atoms with Crippen LogP contribution in [-0.2, 0) is 56.8 Å². The van der Waals surface area contributed by atoms with Gasteiger partial charge in [0.25, 0.3) is 0 Å². The molecule has 4 aliphatic carbocycles. The van der Waals surface area contributed by atoms with Crippen molar-refractivity contribution in [1.29, 1.82) is 0 Å². The van der Waals surface area contributed by atoms with E-state index >= 15 is 0 Å². The molecule has 20 N–H and O–H groups in total.